The molecule has 0 fully saturated rings. The molecule has 0 bridgehead atoms. The van der Waals surface area contributed by atoms with Gasteiger partial charge in [-0.05, 0) is 19.1 Å². The van der Waals surface area contributed by atoms with Crippen LogP contribution in [0.1, 0.15) is 6.92 Å². The maximum atomic E-state index is 10.3. The predicted molar refractivity (Wildman–Crippen MR) is 50.3 cm³/mol. The van der Waals surface area contributed by atoms with Crippen molar-refractivity contribution in [1.29, 1.82) is 0 Å². The molecule has 1 aromatic carbocycles. The monoisotopic (exact) mass is 197 g/mol. The number of hydrogen-bond donors (Lipinski definition) is 1. The van der Waals surface area contributed by atoms with E-state index < -0.39 is 11.0 Å². The van der Waals surface area contributed by atoms with Crippen molar-refractivity contribution < 1.29 is 14.8 Å². The summed E-state index contributed by atoms with van der Waals surface area (Å²) >= 11 is 0. The molecule has 1 aromatic rings. The van der Waals surface area contributed by atoms with Gasteiger partial charge in [0.25, 0.3) is 5.69 Å². The molecule has 1 N–H and O–H groups in total. The van der Waals surface area contributed by atoms with Gasteiger partial charge in [-0.2, -0.15) is 0 Å². The second kappa shape index (κ2) is 4.57. The van der Waals surface area contributed by atoms with Crippen molar-refractivity contribution in [1.82, 2.24) is 0 Å². The Hall–Kier alpha value is -1.62. The second-order valence-corrected chi connectivity index (χ2v) is 2.91. The van der Waals surface area contributed by atoms with Gasteiger partial charge in [-0.25, -0.2) is 0 Å². The number of rotatable bonds is 4. The zero-order valence-electron chi connectivity index (χ0n) is 7.71. The molecule has 1 atom stereocenters. The molecule has 14 heavy (non-hydrogen) atoms. The number of aliphatic hydroxyl groups excluding tert-OH is 1. The average molecular weight is 197 g/mol. The lowest BCUT2D eigenvalue weighted by atomic mass is 10.3. The molecule has 0 aliphatic heterocycles. The van der Waals surface area contributed by atoms with E-state index >= 15 is 0 Å². The van der Waals surface area contributed by atoms with Gasteiger partial charge in [-0.15, -0.1) is 0 Å². The van der Waals surface area contributed by atoms with Gasteiger partial charge in [-0.3, -0.25) is 10.1 Å². The first-order chi connectivity index (χ1) is 6.59. The Labute approximate surface area is 81.1 Å². The lowest BCUT2D eigenvalue weighted by Gasteiger charge is -2.06. The zero-order valence-corrected chi connectivity index (χ0v) is 7.71. The molecule has 0 saturated carbocycles. The fraction of sp³-hybridized carbons (Fsp3) is 0.333. The van der Waals surface area contributed by atoms with E-state index in [0.29, 0.717) is 5.75 Å². The third-order valence-electron chi connectivity index (χ3n) is 1.54. The fourth-order valence-electron chi connectivity index (χ4n) is 0.881. The fourth-order valence-corrected chi connectivity index (χ4v) is 0.881. The summed E-state index contributed by atoms with van der Waals surface area (Å²) in [5, 5.41) is 19.2. The SMILES string of the molecule is C[C@H](O)COc1ccc([N+](=O)[O-])cc1. The van der Waals surface area contributed by atoms with Crippen LogP contribution in [0.2, 0.25) is 0 Å². The first-order valence-electron chi connectivity index (χ1n) is 4.15. The second-order valence-electron chi connectivity index (χ2n) is 2.91. The predicted octanol–water partition coefficient (Wildman–Crippen LogP) is 1.35. The number of benzene rings is 1. The van der Waals surface area contributed by atoms with E-state index in [0.717, 1.165) is 0 Å². The number of hydrogen-bond acceptors (Lipinski definition) is 4. The number of nitro groups is 1. The van der Waals surface area contributed by atoms with Crippen LogP contribution in [0, 0.1) is 10.1 Å². The summed E-state index contributed by atoms with van der Waals surface area (Å²) in [7, 11) is 0. The third kappa shape index (κ3) is 3.02. The smallest absolute Gasteiger partial charge is 0.269 e. The standard InChI is InChI=1S/C9H11NO4/c1-7(11)6-14-9-4-2-8(3-5-9)10(12)13/h2-5,7,11H,6H2,1H3/t7-/m0/s1. The molecule has 0 spiro atoms. The molecule has 0 radical (unpaired) electrons. The van der Waals surface area contributed by atoms with Crippen molar-refractivity contribution in [3.8, 4) is 5.75 Å². The average Bonchev–Trinajstić information content (AvgIpc) is 2.15. The molecule has 0 amide bonds. The lowest BCUT2D eigenvalue weighted by molar-refractivity contribution is -0.384. The summed E-state index contributed by atoms with van der Waals surface area (Å²) in [4.78, 5) is 9.83. The van der Waals surface area contributed by atoms with Crippen LogP contribution in [0.4, 0.5) is 5.69 Å². The number of aliphatic hydroxyl groups is 1. The van der Waals surface area contributed by atoms with Crippen molar-refractivity contribution in [2.75, 3.05) is 6.61 Å². The molecule has 0 saturated heterocycles. The maximum absolute atomic E-state index is 10.3. The van der Waals surface area contributed by atoms with Gasteiger partial charge >= 0.3 is 0 Å². The van der Waals surface area contributed by atoms with Crippen LogP contribution in [0.25, 0.3) is 0 Å². The van der Waals surface area contributed by atoms with E-state index in [1.54, 1.807) is 6.92 Å². The van der Waals surface area contributed by atoms with Crippen LogP contribution < -0.4 is 4.74 Å². The Bertz CT molecular complexity index is 307. The number of non-ortho nitro benzene ring substituents is 1. The molecule has 0 aliphatic carbocycles. The molecule has 0 unspecified atom stereocenters. The summed E-state index contributed by atoms with van der Waals surface area (Å²) in [6, 6.07) is 5.72. The van der Waals surface area contributed by atoms with E-state index in [1.807, 2.05) is 0 Å². The Balaban J connectivity index is 2.60. The topological polar surface area (TPSA) is 72.6 Å². The van der Waals surface area contributed by atoms with E-state index in [2.05, 4.69) is 0 Å². The molecule has 0 aromatic heterocycles. The minimum atomic E-state index is -0.551. The number of ether oxygens (including phenoxy) is 1. The highest BCUT2D eigenvalue weighted by atomic mass is 16.6. The summed E-state index contributed by atoms with van der Waals surface area (Å²) in [5.41, 5.74) is 0.0226. The Kier molecular flexibility index (Phi) is 3.41. The van der Waals surface area contributed by atoms with Gasteiger partial charge in [-0.1, -0.05) is 0 Å². The van der Waals surface area contributed by atoms with Crippen molar-refractivity contribution in [2.24, 2.45) is 0 Å². The quantitative estimate of drug-likeness (QED) is 0.584. The minimum absolute atomic E-state index is 0.0226. The first-order valence-corrected chi connectivity index (χ1v) is 4.15. The highest BCUT2D eigenvalue weighted by molar-refractivity contribution is 5.35. The lowest BCUT2D eigenvalue weighted by Crippen LogP contribution is -2.12. The Morgan fingerprint density at radius 2 is 2.07 bits per heavy atom. The van der Waals surface area contributed by atoms with Crippen LogP contribution in [-0.2, 0) is 0 Å². The van der Waals surface area contributed by atoms with Gasteiger partial charge in [0, 0.05) is 12.1 Å². The zero-order chi connectivity index (χ0) is 10.6. The molecule has 0 heterocycles. The summed E-state index contributed by atoms with van der Waals surface area (Å²) in [6.07, 6.45) is -0.551. The molecular weight excluding hydrogens is 186 g/mol. The van der Waals surface area contributed by atoms with Crippen LogP contribution in [0.3, 0.4) is 0 Å². The van der Waals surface area contributed by atoms with Gasteiger partial charge in [0.15, 0.2) is 0 Å². The molecule has 0 aliphatic rings. The largest absolute Gasteiger partial charge is 0.491 e. The molecular formula is C9H11NO4. The maximum Gasteiger partial charge on any atom is 0.269 e. The number of nitrogens with zero attached hydrogens (tertiary/aromatic N) is 1. The highest BCUT2D eigenvalue weighted by Gasteiger charge is 2.04. The molecule has 5 heteroatoms. The van der Waals surface area contributed by atoms with Crippen molar-refractivity contribution in [3.05, 3.63) is 34.4 Å². The number of nitro benzene ring substituents is 1. The van der Waals surface area contributed by atoms with E-state index in [9.17, 15) is 10.1 Å². The molecule has 1 rings (SSSR count). The van der Waals surface area contributed by atoms with E-state index in [-0.39, 0.29) is 12.3 Å². The summed E-state index contributed by atoms with van der Waals surface area (Å²) < 4.78 is 5.13. The Morgan fingerprint density at radius 3 is 2.50 bits per heavy atom. The minimum Gasteiger partial charge on any atom is -0.491 e. The van der Waals surface area contributed by atoms with Crippen molar-refractivity contribution >= 4 is 5.69 Å². The van der Waals surface area contributed by atoms with Crippen molar-refractivity contribution in [3.63, 3.8) is 0 Å². The summed E-state index contributed by atoms with van der Waals surface area (Å²) in [6.45, 7) is 1.78. The van der Waals surface area contributed by atoms with Gasteiger partial charge < -0.3 is 9.84 Å². The van der Waals surface area contributed by atoms with Crippen molar-refractivity contribution in [2.45, 2.75) is 13.0 Å². The van der Waals surface area contributed by atoms with Gasteiger partial charge in [0.05, 0.1) is 11.0 Å². The van der Waals surface area contributed by atoms with Gasteiger partial charge in [0.1, 0.15) is 12.4 Å². The van der Waals surface area contributed by atoms with Gasteiger partial charge in [0.2, 0.25) is 0 Å². The van der Waals surface area contributed by atoms with Crippen LogP contribution in [-0.4, -0.2) is 22.7 Å². The van der Waals surface area contributed by atoms with E-state index in [1.165, 1.54) is 24.3 Å². The molecule has 76 valence electrons. The molecule has 5 nitrogen and oxygen atoms in total. The highest BCUT2D eigenvalue weighted by Crippen LogP contribution is 2.17. The van der Waals surface area contributed by atoms with Crippen LogP contribution in [0.15, 0.2) is 24.3 Å². The van der Waals surface area contributed by atoms with Crippen LogP contribution in [0.5, 0.6) is 5.75 Å². The third-order valence-corrected chi connectivity index (χ3v) is 1.54. The normalized spacial score (nSPS) is 12.1. The first kappa shape index (κ1) is 10.5. The van der Waals surface area contributed by atoms with Crippen LogP contribution >= 0.6 is 0 Å². The summed E-state index contributed by atoms with van der Waals surface area (Å²) in [5.74, 6) is 0.511. The van der Waals surface area contributed by atoms with E-state index in [4.69, 9.17) is 9.84 Å². The Morgan fingerprint density at radius 1 is 1.50 bits per heavy atom.